The van der Waals surface area contributed by atoms with Gasteiger partial charge in [0.2, 0.25) is 0 Å². The first-order valence-electron chi connectivity index (χ1n) is 5.15. The quantitative estimate of drug-likeness (QED) is 0.494. The van der Waals surface area contributed by atoms with Crippen molar-refractivity contribution in [3.63, 3.8) is 0 Å². The summed E-state index contributed by atoms with van der Waals surface area (Å²) in [6.45, 7) is 0. The lowest BCUT2D eigenvalue weighted by Crippen LogP contribution is -2.10. The molecule has 0 amide bonds. The Morgan fingerprint density at radius 2 is 2.29 bits per heavy atom. The monoisotopic (exact) mass is 266 g/mol. The van der Waals surface area contributed by atoms with E-state index in [4.69, 9.17) is 5.84 Å². The van der Waals surface area contributed by atoms with Crippen LogP contribution >= 0.6 is 23.1 Å². The summed E-state index contributed by atoms with van der Waals surface area (Å²) in [5.41, 5.74) is 4.27. The summed E-state index contributed by atoms with van der Waals surface area (Å²) in [6, 6.07) is 1.82. The van der Waals surface area contributed by atoms with E-state index in [2.05, 4.69) is 25.6 Å². The standard InChI is InChI=1S/C9H10N6S2/c10-14-6-3-7(17-9-15-11-4-16-9)13-8(12-6)5-1-2-5/h3-5H,1-2,10H2,(H,12,13,14). The zero-order chi connectivity index (χ0) is 11.7. The number of hydrazine groups is 1. The van der Waals surface area contributed by atoms with Gasteiger partial charge in [-0.1, -0.05) is 11.3 Å². The van der Waals surface area contributed by atoms with Crippen LogP contribution in [0.5, 0.6) is 0 Å². The molecule has 0 spiro atoms. The highest BCUT2D eigenvalue weighted by atomic mass is 32.2. The Kier molecular flexibility index (Phi) is 2.91. The van der Waals surface area contributed by atoms with Gasteiger partial charge in [0, 0.05) is 12.0 Å². The fraction of sp³-hybridized carbons (Fsp3) is 0.333. The normalized spacial score (nSPS) is 14.9. The number of nitrogen functional groups attached to an aromatic ring is 1. The molecule has 3 rings (SSSR count). The van der Waals surface area contributed by atoms with Gasteiger partial charge in [0.05, 0.1) is 0 Å². The summed E-state index contributed by atoms with van der Waals surface area (Å²) in [6.07, 6.45) is 2.33. The number of nitrogens with one attached hydrogen (secondary N) is 1. The molecule has 2 heterocycles. The van der Waals surface area contributed by atoms with Gasteiger partial charge in [0.25, 0.3) is 0 Å². The molecule has 1 fully saturated rings. The number of rotatable bonds is 4. The van der Waals surface area contributed by atoms with Crippen molar-refractivity contribution in [2.75, 3.05) is 5.43 Å². The van der Waals surface area contributed by atoms with Crippen LogP contribution in [0.4, 0.5) is 5.82 Å². The van der Waals surface area contributed by atoms with E-state index in [1.54, 1.807) is 5.51 Å². The minimum Gasteiger partial charge on any atom is -0.308 e. The van der Waals surface area contributed by atoms with Crippen molar-refractivity contribution in [2.45, 2.75) is 28.1 Å². The Hall–Kier alpha value is -1.25. The number of nitrogens with two attached hydrogens (primary N) is 1. The number of nitrogens with zero attached hydrogens (tertiary/aromatic N) is 4. The van der Waals surface area contributed by atoms with Crippen molar-refractivity contribution >= 4 is 28.9 Å². The van der Waals surface area contributed by atoms with E-state index in [0.29, 0.717) is 11.7 Å². The smallest absolute Gasteiger partial charge is 0.180 e. The third-order valence-corrected chi connectivity index (χ3v) is 4.04. The highest BCUT2D eigenvalue weighted by Crippen LogP contribution is 2.39. The SMILES string of the molecule is NNc1cc(Sc2nncs2)nc(C2CC2)n1. The van der Waals surface area contributed by atoms with E-state index in [1.807, 2.05) is 6.07 Å². The number of hydrogen-bond donors (Lipinski definition) is 2. The maximum absolute atomic E-state index is 5.41. The molecule has 0 radical (unpaired) electrons. The number of hydrogen-bond acceptors (Lipinski definition) is 8. The zero-order valence-electron chi connectivity index (χ0n) is 8.83. The maximum atomic E-state index is 5.41. The largest absolute Gasteiger partial charge is 0.308 e. The number of aromatic nitrogens is 4. The molecular formula is C9H10N6S2. The summed E-state index contributed by atoms with van der Waals surface area (Å²) in [7, 11) is 0. The zero-order valence-corrected chi connectivity index (χ0v) is 10.5. The van der Waals surface area contributed by atoms with Crippen molar-refractivity contribution in [2.24, 2.45) is 5.84 Å². The van der Waals surface area contributed by atoms with E-state index >= 15 is 0 Å². The van der Waals surface area contributed by atoms with E-state index < -0.39 is 0 Å². The molecule has 2 aromatic heterocycles. The van der Waals surface area contributed by atoms with E-state index in [-0.39, 0.29) is 0 Å². The number of anilines is 1. The third kappa shape index (κ3) is 2.54. The molecule has 17 heavy (non-hydrogen) atoms. The predicted octanol–water partition coefficient (Wildman–Crippen LogP) is 1.64. The summed E-state index contributed by atoms with van der Waals surface area (Å²) in [4.78, 5) is 8.86. The van der Waals surface area contributed by atoms with Gasteiger partial charge >= 0.3 is 0 Å². The van der Waals surface area contributed by atoms with Gasteiger partial charge in [-0.2, -0.15) is 0 Å². The molecule has 1 aliphatic rings. The molecule has 0 bridgehead atoms. The van der Waals surface area contributed by atoms with Crippen LogP contribution in [0, 0.1) is 0 Å². The minimum absolute atomic E-state index is 0.497. The first kappa shape index (κ1) is 10.9. The van der Waals surface area contributed by atoms with Gasteiger partial charge < -0.3 is 5.43 Å². The molecule has 6 nitrogen and oxygen atoms in total. The Morgan fingerprint density at radius 3 is 2.94 bits per heavy atom. The average Bonchev–Trinajstić information content (AvgIpc) is 3.09. The summed E-state index contributed by atoms with van der Waals surface area (Å²) in [5.74, 6) is 7.42. The van der Waals surface area contributed by atoms with Gasteiger partial charge in [0.15, 0.2) is 4.34 Å². The highest BCUT2D eigenvalue weighted by molar-refractivity contribution is 8.00. The summed E-state index contributed by atoms with van der Waals surface area (Å²) in [5, 5.41) is 8.62. The average molecular weight is 266 g/mol. The van der Waals surface area contributed by atoms with Gasteiger partial charge in [-0.3, -0.25) is 0 Å². The van der Waals surface area contributed by atoms with Crippen LogP contribution in [0.1, 0.15) is 24.6 Å². The van der Waals surface area contributed by atoms with Crippen LogP contribution in [0.2, 0.25) is 0 Å². The van der Waals surface area contributed by atoms with Crippen molar-refractivity contribution < 1.29 is 0 Å². The van der Waals surface area contributed by atoms with Gasteiger partial charge in [-0.25, -0.2) is 15.8 Å². The van der Waals surface area contributed by atoms with Crippen LogP contribution in [0.3, 0.4) is 0 Å². The fourth-order valence-corrected chi connectivity index (χ4v) is 2.82. The van der Waals surface area contributed by atoms with Crippen LogP contribution in [-0.2, 0) is 0 Å². The first-order chi connectivity index (χ1) is 8.35. The Morgan fingerprint density at radius 1 is 1.41 bits per heavy atom. The predicted molar refractivity (Wildman–Crippen MR) is 65.8 cm³/mol. The first-order valence-corrected chi connectivity index (χ1v) is 6.84. The molecule has 3 N–H and O–H groups in total. The summed E-state index contributed by atoms with van der Waals surface area (Å²) < 4.78 is 0.869. The molecule has 2 aromatic rings. The van der Waals surface area contributed by atoms with E-state index in [0.717, 1.165) is 28.0 Å². The Bertz CT molecular complexity index is 510. The van der Waals surface area contributed by atoms with Crippen molar-refractivity contribution in [1.82, 2.24) is 20.2 Å². The molecule has 0 saturated heterocycles. The third-order valence-electron chi connectivity index (χ3n) is 2.34. The fourth-order valence-electron chi connectivity index (χ4n) is 1.39. The lowest BCUT2D eigenvalue weighted by molar-refractivity contribution is 0.876. The molecular weight excluding hydrogens is 256 g/mol. The molecule has 0 unspecified atom stereocenters. The van der Waals surface area contributed by atoms with Crippen molar-refractivity contribution in [3.05, 3.63) is 17.4 Å². The van der Waals surface area contributed by atoms with Crippen LogP contribution in [-0.4, -0.2) is 20.2 Å². The molecule has 88 valence electrons. The van der Waals surface area contributed by atoms with Gasteiger partial charge in [0.1, 0.15) is 22.2 Å². The molecule has 8 heteroatoms. The Balaban J connectivity index is 1.89. The topological polar surface area (TPSA) is 89.6 Å². The van der Waals surface area contributed by atoms with E-state index in [1.165, 1.54) is 23.1 Å². The highest BCUT2D eigenvalue weighted by Gasteiger charge is 2.27. The van der Waals surface area contributed by atoms with Crippen molar-refractivity contribution in [1.29, 1.82) is 0 Å². The lowest BCUT2D eigenvalue weighted by atomic mass is 10.4. The Labute approximate surface area is 106 Å². The second-order valence-electron chi connectivity index (χ2n) is 3.67. The second-order valence-corrected chi connectivity index (χ2v) is 5.78. The lowest BCUT2D eigenvalue weighted by Gasteiger charge is -2.05. The maximum Gasteiger partial charge on any atom is 0.180 e. The molecule has 1 aliphatic carbocycles. The van der Waals surface area contributed by atoms with Crippen LogP contribution < -0.4 is 11.3 Å². The van der Waals surface area contributed by atoms with Crippen molar-refractivity contribution in [3.8, 4) is 0 Å². The summed E-state index contributed by atoms with van der Waals surface area (Å²) >= 11 is 2.97. The van der Waals surface area contributed by atoms with Crippen LogP contribution in [0.15, 0.2) is 20.9 Å². The van der Waals surface area contributed by atoms with Crippen LogP contribution in [0.25, 0.3) is 0 Å². The second kappa shape index (κ2) is 4.55. The van der Waals surface area contributed by atoms with E-state index in [9.17, 15) is 0 Å². The van der Waals surface area contributed by atoms with Gasteiger partial charge in [-0.15, -0.1) is 10.2 Å². The molecule has 1 saturated carbocycles. The minimum atomic E-state index is 0.497. The molecule has 0 atom stereocenters. The molecule has 0 aromatic carbocycles. The van der Waals surface area contributed by atoms with Gasteiger partial charge in [-0.05, 0) is 24.6 Å². The molecule has 0 aliphatic heterocycles.